The zero-order valence-corrected chi connectivity index (χ0v) is 11.6. The van der Waals surface area contributed by atoms with E-state index in [0.29, 0.717) is 13.2 Å². The van der Waals surface area contributed by atoms with Crippen LogP contribution in [0.2, 0.25) is 0 Å². The van der Waals surface area contributed by atoms with Crippen molar-refractivity contribution in [2.45, 2.75) is 20.0 Å². The average Bonchev–Trinajstić information content (AvgIpc) is 2.45. The van der Waals surface area contributed by atoms with Gasteiger partial charge in [-0.3, -0.25) is 0 Å². The second kappa shape index (κ2) is 9.36. The van der Waals surface area contributed by atoms with Crippen LogP contribution in [0.25, 0.3) is 0 Å². The van der Waals surface area contributed by atoms with E-state index in [4.69, 9.17) is 14.6 Å². The van der Waals surface area contributed by atoms with Crippen molar-refractivity contribution in [1.82, 2.24) is 0 Å². The maximum Gasteiger partial charge on any atom is 0.118 e. The molecular weight excluding hydrogens is 240 g/mol. The number of benzene rings is 1. The van der Waals surface area contributed by atoms with Gasteiger partial charge >= 0.3 is 0 Å². The highest BCUT2D eigenvalue weighted by molar-refractivity contribution is 5.26. The van der Waals surface area contributed by atoms with Crippen molar-refractivity contribution in [1.29, 1.82) is 0 Å². The van der Waals surface area contributed by atoms with Gasteiger partial charge < -0.3 is 14.6 Å². The molecule has 3 nitrogen and oxygen atoms in total. The Kier molecular flexibility index (Phi) is 7.63. The number of aliphatic hydroxyl groups is 1. The summed E-state index contributed by atoms with van der Waals surface area (Å²) in [5.41, 5.74) is 2.28. The molecule has 0 aliphatic carbocycles. The molecule has 104 valence electrons. The molecule has 1 aromatic rings. The first kappa shape index (κ1) is 15.5. The van der Waals surface area contributed by atoms with Crippen LogP contribution in [-0.4, -0.2) is 25.4 Å². The first-order chi connectivity index (χ1) is 9.26. The number of allylic oxidation sites excluding steroid dienone is 2. The lowest BCUT2D eigenvalue weighted by Gasteiger charge is -2.04. The molecule has 1 N–H and O–H groups in total. The zero-order valence-electron chi connectivity index (χ0n) is 11.6. The number of ether oxygens (including phenoxy) is 2. The van der Waals surface area contributed by atoms with Crippen LogP contribution < -0.4 is 4.74 Å². The number of aliphatic hydroxyl groups excluding tert-OH is 1. The second-order valence-corrected chi connectivity index (χ2v) is 4.22. The van der Waals surface area contributed by atoms with Crippen molar-refractivity contribution >= 4 is 0 Å². The monoisotopic (exact) mass is 262 g/mol. The minimum absolute atomic E-state index is 0.0825. The minimum Gasteiger partial charge on any atom is -0.497 e. The fourth-order valence-electron chi connectivity index (χ4n) is 1.59. The van der Waals surface area contributed by atoms with Crippen molar-refractivity contribution in [2.75, 3.05) is 20.3 Å². The number of hydrogen-bond donors (Lipinski definition) is 1. The lowest BCUT2D eigenvalue weighted by atomic mass is 10.2. The molecule has 1 aromatic carbocycles. The first-order valence-corrected chi connectivity index (χ1v) is 6.41. The summed E-state index contributed by atoms with van der Waals surface area (Å²) >= 11 is 0. The molecule has 0 aromatic heterocycles. The van der Waals surface area contributed by atoms with Crippen molar-refractivity contribution < 1.29 is 14.6 Å². The normalized spacial score (nSPS) is 12.1. The van der Waals surface area contributed by atoms with E-state index in [0.717, 1.165) is 23.3 Å². The molecule has 0 aliphatic rings. The number of hydrogen-bond acceptors (Lipinski definition) is 3. The van der Waals surface area contributed by atoms with Gasteiger partial charge in [0.2, 0.25) is 0 Å². The molecular formula is C16H22O3. The second-order valence-electron chi connectivity index (χ2n) is 4.22. The van der Waals surface area contributed by atoms with E-state index in [-0.39, 0.29) is 6.61 Å². The van der Waals surface area contributed by atoms with Gasteiger partial charge in [0.1, 0.15) is 5.75 Å². The summed E-state index contributed by atoms with van der Waals surface area (Å²) in [4.78, 5) is 0. The number of rotatable bonds is 8. The lowest BCUT2D eigenvalue weighted by Crippen LogP contribution is -1.94. The summed E-state index contributed by atoms with van der Waals surface area (Å²) in [5.74, 6) is 0.859. The molecule has 0 unspecified atom stereocenters. The van der Waals surface area contributed by atoms with E-state index in [1.807, 2.05) is 37.3 Å². The van der Waals surface area contributed by atoms with Crippen LogP contribution in [0.5, 0.6) is 5.75 Å². The topological polar surface area (TPSA) is 38.7 Å². The molecule has 0 amide bonds. The summed E-state index contributed by atoms with van der Waals surface area (Å²) < 4.78 is 10.7. The zero-order chi connectivity index (χ0) is 13.9. The summed E-state index contributed by atoms with van der Waals surface area (Å²) in [6.45, 7) is 3.40. The molecule has 0 fully saturated rings. The van der Waals surface area contributed by atoms with Gasteiger partial charge in [0.05, 0.1) is 26.9 Å². The molecule has 3 heteroatoms. The van der Waals surface area contributed by atoms with Crippen LogP contribution in [-0.2, 0) is 11.3 Å². The van der Waals surface area contributed by atoms with Crippen LogP contribution in [0.15, 0.2) is 48.1 Å². The third-order valence-electron chi connectivity index (χ3n) is 2.64. The molecule has 19 heavy (non-hydrogen) atoms. The van der Waals surface area contributed by atoms with E-state index >= 15 is 0 Å². The van der Waals surface area contributed by atoms with E-state index in [1.165, 1.54) is 0 Å². The van der Waals surface area contributed by atoms with Crippen LogP contribution >= 0.6 is 0 Å². The van der Waals surface area contributed by atoms with Gasteiger partial charge in [-0.15, -0.1) is 0 Å². The Bertz CT molecular complexity index is 405. The Labute approximate surface area is 115 Å². The first-order valence-electron chi connectivity index (χ1n) is 6.41. The van der Waals surface area contributed by atoms with E-state index in [1.54, 1.807) is 13.2 Å². The smallest absolute Gasteiger partial charge is 0.118 e. The van der Waals surface area contributed by atoms with Crippen molar-refractivity contribution in [3.63, 3.8) is 0 Å². The molecule has 0 heterocycles. The van der Waals surface area contributed by atoms with Crippen LogP contribution in [0.1, 0.15) is 18.9 Å². The highest BCUT2D eigenvalue weighted by Gasteiger charge is 1.94. The molecule has 0 saturated heterocycles. The Balaban J connectivity index is 2.21. The molecule has 1 rings (SSSR count). The van der Waals surface area contributed by atoms with E-state index < -0.39 is 0 Å². The van der Waals surface area contributed by atoms with Gasteiger partial charge in [0.15, 0.2) is 0 Å². The molecule has 0 saturated carbocycles. The largest absolute Gasteiger partial charge is 0.497 e. The van der Waals surface area contributed by atoms with Gasteiger partial charge in [-0.1, -0.05) is 35.9 Å². The van der Waals surface area contributed by atoms with Gasteiger partial charge in [0, 0.05) is 0 Å². The van der Waals surface area contributed by atoms with Crippen molar-refractivity contribution in [2.24, 2.45) is 0 Å². The molecule has 0 spiro atoms. The van der Waals surface area contributed by atoms with Gasteiger partial charge in [-0.25, -0.2) is 0 Å². The van der Waals surface area contributed by atoms with Gasteiger partial charge in [0.25, 0.3) is 0 Å². The molecule has 0 radical (unpaired) electrons. The van der Waals surface area contributed by atoms with Crippen LogP contribution in [0.4, 0.5) is 0 Å². The molecule has 0 aliphatic heterocycles. The third-order valence-corrected chi connectivity index (χ3v) is 2.64. The summed E-state index contributed by atoms with van der Waals surface area (Å²) in [6.07, 6.45) is 6.60. The van der Waals surface area contributed by atoms with Crippen LogP contribution in [0, 0.1) is 0 Å². The predicted molar refractivity (Wildman–Crippen MR) is 77.2 cm³/mol. The average molecular weight is 262 g/mol. The fraction of sp³-hybridized carbons (Fsp3) is 0.375. The highest BCUT2D eigenvalue weighted by Crippen LogP contribution is 2.12. The number of methoxy groups -OCH3 is 1. The highest BCUT2D eigenvalue weighted by atomic mass is 16.5. The Morgan fingerprint density at radius 3 is 2.63 bits per heavy atom. The Hall–Kier alpha value is -1.58. The van der Waals surface area contributed by atoms with Gasteiger partial charge in [-0.2, -0.15) is 0 Å². The Morgan fingerprint density at radius 2 is 2.00 bits per heavy atom. The van der Waals surface area contributed by atoms with E-state index in [9.17, 15) is 0 Å². The van der Waals surface area contributed by atoms with Crippen molar-refractivity contribution in [3.8, 4) is 5.75 Å². The van der Waals surface area contributed by atoms with Crippen LogP contribution in [0.3, 0.4) is 0 Å². The van der Waals surface area contributed by atoms with Gasteiger partial charge in [-0.05, 0) is 31.0 Å². The molecule has 0 atom stereocenters. The maximum absolute atomic E-state index is 8.64. The fourth-order valence-corrected chi connectivity index (χ4v) is 1.59. The lowest BCUT2D eigenvalue weighted by molar-refractivity contribution is 0.125. The summed E-state index contributed by atoms with van der Waals surface area (Å²) in [7, 11) is 1.66. The quantitative estimate of drug-likeness (QED) is 0.578. The summed E-state index contributed by atoms with van der Waals surface area (Å²) in [6, 6.07) is 7.87. The minimum atomic E-state index is 0.0825. The standard InChI is InChI=1S/C16H22O3/c1-14(5-3-11-17)6-4-12-19-13-15-7-9-16(18-2)10-8-15/h3,5-10,17H,4,11-13H2,1-2H3/b5-3+,14-6+. The molecule has 0 bridgehead atoms. The van der Waals surface area contributed by atoms with E-state index in [2.05, 4.69) is 6.08 Å². The predicted octanol–water partition coefficient (Wildman–Crippen LogP) is 3.10. The Morgan fingerprint density at radius 1 is 1.26 bits per heavy atom. The van der Waals surface area contributed by atoms with Crippen molar-refractivity contribution in [3.05, 3.63) is 53.6 Å². The third kappa shape index (κ3) is 6.79. The summed E-state index contributed by atoms with van der Waals surface area (Å²) in [5, 5.41) is 8.64. The maximum atomic E-state index is 8.64. The SMILES string of the molecule is COc1ccc(COCC/C=C(C)/C=C/CO)cc1.